The maximum atomic E-state index is 12.0. The number of rotatable bonds is 7. The van der Waals surface area contributed by atoms with Crippen LogP contribution in [-0.4, -0.2) is 22.3 Å². The highest BCUT2D eigenvalue weighted by Gasteiger charge is 2.10. The van der Waals surface area contributed by atoms with Gasteiger partial charge in [-0.05, 0) is 37.1 Å². The Bertz CT molecular complexity index is 649. The smallest absolute Gasteiger partial charge is 0.319 e. The van der Waals surface area contributed by atoms with Gasteiger partial charge in [0.15, 0.2) is 0 Å². The van der Waals surface area contributed by atoms with Crippen LogP contribution in [0.5, 0.6) is 0 Å². The number of hydrogen-bond donors (Lipinski definition) is 2. The molecular formula is C17H22N4O2. The Balaban J connectivity index is 1.96. The highest BCUT2D eigenvalue weighted by Crippen LogP contribution is 2.20. The van der Waals surface area contributed by atoms with Crippen molar-refractivity contribution in [2.45, 2.75) is 39.2 Å². The summed E-state index contributed by atoms with van der Waals surface area (Å²) >= 11 is 0. The second kappa shape index (κ2) is 8.12. The molecule has 0 radical (unpaired) electrons. The van der Waals surface area contributed by atoms with E-state index in [2.05, 4.69) is 27.4 Å². The normalized spacial score (nSPS) is 11.7. The summed E-state index contributed by atoms with van der Waals surface area (Å²) in [6.07, 6.45) is 4.11. The van der Waals surface area contributed by atoms with Crippen molar-refractivity contribution in [3.05, 3.63) is 42.8 Å². The van der Waals surface area contributed by atoms with Crippen molar-refractivity contribution in [1.29, 1.82) is 0 Å². The SMILES string of the molecule is C=CCC(CC)NC(=O)Nc1ccc(-c2nnc(CC)o2)cc1. The number of amides is 2. The van der Waals surface area contributed by atoms with Crippen molar-refractivity contribution in [2.24, 2.45) is 0 Å². The van der Waals surface area contributed by atoms with Crippen molar-refractivity contribution in [2.75, 3.05) is 5.32 Å². The van der Waals surface area contributed by atoms with E-state index in [1.165, 1.54) is 0 Å². The lowest BCUT2D eigenvalue weighted by Crippen LogP contribution is -2.37. The second-order valence-corrected chi connectivity index (χ2v) is 5.16. The fraction of sp³-hybridized carbons (Fsp3) is 0.353. The zero-order valence-electron chi connectivity index (χ0n) is 13.5. The van der Waals surface area contributed by atoms with Crippen LogP contribution in [0, 0.1) is 0 Å². The molecule has 0 aliphatic heterocycles. The van der Waals surface area contributed by atoms with Crippen molar-refractivity contribution in [1.82, 2.24) is 15.5 Å². The lowest BCUT2D eigenvalue weighted by atomic mass is 10.1. The van der Waals surface area contributed by atoms with Gasteiger partial charge >= 0.3 is 6.03 Å². The number of benzene rings is 1. The Morgan fingerprint density at radius 3 is 2.61 bits per heavy atom. The number of aromatic nitrogens is 2. The van der Waals surface area contributed by atoms with E-state index in [9.17, 15) is 4.79 Å². The van der Waals surface area contributed by atoms with Crippen molar-refractivity contribution < 1.29 is 9.21 Å². The largest absolute Gasteiger partial charge is 0.421 e. The molecule has 0 aliphatic rings. The molecule has 2 rings (SSSR count). The van der Waals surface area contributed by atoms with E-state index >= 15 is 0 Å². The van der Waals surface area contributed by atoms with E-state index in [-0.39, 0.29) is 12.1 Å². The predicted octanol–water partition coefficient (Wildman–Crippen LogP) is 3.78. The lowest BCUT2D eigenvalue weighted by molar-refractivity contribution is 0.248. The molecule has 0 saturated heterocycles. The van der Waals surface area contributed by atoms with Crippen LogP contribution in [0.1, 0.15) is 32.6 Å². The first-order chi connectivity index (χ1) is 11.2. The minimum Gasteiger partial charge on any atom is -0.421 e. The Labute approximate surface area is 136 Å². The van der Waals surface area contributed by atoms with E-state index in [4.69, 9.17) is 4.42 Å². The molecule has 1 aromatic heterocycles. The van der Waals surface area contributed by atoms with Gasteiger partial charge in [0.1, 0.15) is 0 Å². The molecule has 6 heteroatoms. The Morgan fingerprint density at radius 1 is 1.30 bits per heavy atom. The summed E-state index contributed by atoms with van der Waals surface area (Å²) in [6.45, 7) is 7.68. The molecule has 1 aromatic carbocycles. The van der Waals surface area contributed by atoms with Crippen LogP contribution in [0.2, 0.25) is 0 Å². The highest BCUT2D eigenvalue weighted by molar-refractivity contribution is 5.89. The molecule has 0 aliphatic carbocycles. The summed E-state index contributed by atoms with van der Waals surface area (Å²) in [7, 11) is 0. The minimum atomic E-state index is -0.225. The summed E-state index contributed by atoms with van der Waals surface area (Å²) in [4.78, 5) is 12.0. The van der Waals surface area contributed by atoms with Crippen LogP contribution in [0.3, 0.4) is 0 Å². The molecule has 1 heterocycles. The first-order valence-electron chi connectivity index (χ1n) is 7.77. The third-order valence-corrected chi connectivity index (χ3v) is 3.44. The predicted molar refractivity (Wildman–Crippen MR) is 90.2 cm³/mol. The zero-order valence-corrected chi connectivity index (χ0v) is 13.5. The molecule has 23 heavy (non-hydrogen) atoms. The molecule has 2 N–H and O–H groups in total. The van der Waals surface area contributed by atoms with E-state index in [1.807, 2.05) is 26.0 Å². The summed E-state index contributed by atoms with van der Waals surface area (Å²) in [6, 6.07) is 7.15. The molecule has 2 aromatic rings. The molecule has 0 bridgehead atoms. The topological polar surface area (TPSA) is 80.0 Å². The standard InChI is InChI=1S/C17H22N4O2/c1-4-7-13(5-2)18-17(22)19-14-10-8-12(9-11-14)16-21-20-15(6-3)23-16/h4,8-11,13H,1,5-7H2,2-3H3,(H2,18,19,22). The average Bonchev–Trinajstić information content (AvgIpc) is 3.04. The molecule has 122 valence electrons. The third-order valence-electron chi connectivity index (χ3n) is 3.44. The maximum absolute atomic E-state index is 12.0. The monoisotopic (exact) mass is 314 g/mol. The number of carbonyl (C=O) groups is 1. The molecule has 0 spiro atoms. The third kappa shape index (κ3) is 4.67. The number of nitrogens with zero attached hydrogens (tertiary/aromatic N) is 2. The van der Waals surface area contributed by atoms with Crippen LogP contribution >= 0.6 is 0 Å². The quantitative estimate of drug-likeness (QED) is 0.762. The molecule has 0 saturated carbocycles. The minimum absolute atomic E-state index is 0.0950. The van der Waals surface area contributed by atoms with Gasteiger partial charge in [-0.3, -0.25) is 0 Å². The average molecular weight is 314 g/mol. The van der Waals surface area contributed by atoms with Gasteiger partial charge in [0.25, 0.3) is 0 Å². The van der Waals surface area contributed by atoms with E-state index in [1.54, 1.807) is 18.2 Å². The van der Waals surface area contributed by atoms with Crippen LogP contribution in [0.25, 0.3) is 11.5 Å². The molecular weight excluding hydrogens is 292 g/mol. The zero-order chi connectivity index (χ0) is 16.7. The van der Waals surface area contributed by atoms with Crippen molar-refractivity contribution in [3.8, 4) is 11.5 Å². The summed E-state index contributed by atoms with van der Waals surface area (Å²) < 4.78 is 5.50. The molecule has 2 amide bonds. The van der Waals surface area contributed by atoms with E-state index < -0.39 is 0 Å². The fourth-order valence-corrected chi connectivity index (χ4v) is 2.09. The molecule has 1 unspecified atom stereocenters. The van der Waals surface area contributed by atoms with Crippen molar-refractivity contribution >= 4 is 11.7 Å². The second-order valence-electron chi connectivity index (χ2n) is 5.16. The fourth-order valence-electron chi connectivity index (χ4n) is 2.09. The van der Waals surface area contributed by atoms with Crippen molar-refractivity contribution in [3.63, 3.8) is 0 Å². The number of urea groups is 1. The molecule has 6 nitrogen and oxygen atoms in total. The number of hydrogen-bond acceptors (Lipinski definition) is 4. The Kier molecular flexibility index (Phi) is 5.91. The van der Waals surface area contributed by atoms with E-state index in [0.29, 0.717) is 23.9 Å². The van der Waals surface area contributed by atoms with Gasteiger partial charge in [-0.2, -0.15) is 0 Å². The number of nitrogens with one attached hydrogen (secondary N) is 2. The van der Waals surface area contributed by atoms with E-state index in [0.717, 1.165) is 18.4 Å². The van der Waals surface area contributed by atoms with Gasteiger partial charge in [-0.1, -0.05) is 19.9 Å². The summed E-state index contributed by atoms with van der Waals surface area (Å²) in [5.41, 5.74) is 1.52. The first kappa shape index (κ1) is 16.7. The number of aryl methyl sites for hydroxylation is 1. The first-order valence-corrected chi connectivity index (χ1v) is 7.77. The van der Waals surface area contributed by atoms with Crippen LogP contribution in [0.15, 0.2) is 41.3 Å². The van der Waals surface area contributed by atoms with Crippen LogP contribution < -0.4 is 10.6 Å². The van der Waals surface area contributed by atoms with Gasteiger partial charge in [0.05, 0.1) is 0 Å². The van der Waals surface area contributed by atoms with Gasteiger partial charge in [-0.15, -0.1) is 16.8 Å². The molecule has 1 atom stereocenters. The Hall–Kier alpha value is -2.63. The lowest BCUT2D eigenvalue weighted by Gasteiger charge is -2.15. The van der Waals surface area contributed by atoms with Gasteiger partial charge in [-0.25, -0.2) is 4.79 Å². The summed E-state index contributed by atoms with van der Waals surface area (Å²) in [5.74, 6) is 1.09. The van der Waals surface area contributed by atoms with Gasteiger partial charge < -0.3 is 15.1 Å². The maximum Gasteiger partial charge on any atom is 0.319 e. The van der Waals surface area contributed by atoms with Crippen LogP contribution in [0.4, 0.5) is 10.5 Å². The van der Waals surface area contributed by atoms with Gasteiger partial charge in [0.2, 0.25) is 11.8 Å². The van der Waals surface area contributed by atoms with Gasteiger partial charge in [0, 0.05) is 23.7 Å². The summed E-state index contributed by atoms with van der Waals surface area (Å²) in [5, 5.41) is 13.7. The number of anilines is 1. The molecule has 0 fully saturated rings. The highest BCUT2D eigenvalue weighted by atomic mass is 16.4. The van der Waals surface area contributed by atoms with Crippen LogP contribution in [-0.2, 0) is 6.42 Å². The Morgan fingerprint density at radius 2 is 2.04 bits per heavy atom. The number of carbonyl (C=O) groups excluding carboxylic acids is 1.